The van der Waals surface area contributed by atoms with E-state index in [-0.39, 0.29) is 18.4 Å². The molecule has 24 heavy (non-hydrogen) atoms. The molecule has 2 aromatic carbocycles. The normalized spacial score (nSPS) is 9.92. The minimum absolute atomic E-state index is 0.113. The van der Waals surface area contributed by atoms with Crippen LogP contribution in [0.2, 0.25) is 0 Å². The van der Waals surface area contributed by atoms with Crippen LogP contribution in [0.25, 0.3) is 0 Å². The number of carbonyl (C=O) groups excluding carboxylic acids is 2. The number of ether oxygens (including phenoxy) is 1. The number of hydrogen-bond donors (Lipinski definition) is 3. The van der Waals surface area contributed by atoms with Crippen LogP contribution in [0.1, 0.15) is 13.8 Å². The van der Waals surface area contributed by atoms with Gasteiger partial charge in [0.2, 0.25) is 11.8 Å². The second-order valence-corrected chi connectivity index (χ2v) is 5.12. The third-order valence-electron chi connectivity index (χ3n) is 3.06. The Morgan fingerprint density at radius 1 is 0.958 bits per heavy atom. The molecule has 0 heterocycles. The molecular weight excluding hydrogens is 306 g/mol. The number of amides is 2. The lowest BCUT2D eigenvalue weighted by Crippen LogP contribution is -2.21. The highest BCUT2D eigenvalue weighted by Crippen LogP contribution is 2.18. The molecule has 0 aromatic heterocycles. The van der Waals surface area contributed by atoms with Crippen LogP contribution >= 0.6 is 0 Å². The van der Waals surface area contributed by atoms with E-state index in [1.54, 1.807) is 30.3 Å². The van der Waals surface area contributed by atoms with Crippen LogP contribution in [0.3, 0.4) is 0 Å². The van der Waals surface area contributed by atoms with Gasteiger partial charge < -0.3 is 20.7 Å². The van der Waals surface area contributed by atoms with E-state index in [9.17, 15) is 9.59 Å². The predicted octanol–water partition coefficient (Wildman–Crippen LogP) is 3.09. The zero-order chi connectivity index (χ0) is 17.4. The Balaban J connectivity index is 1.89. The molecule has 2 amide bonds. The van der Waals surface area contributed by atoms with Crippen LogP contribution < -0.4 is 20.7 Å². The van der Waals surface area contributed by atoms with Crippen molar-refractivity contribution in [2.45, 2.75) is 13.8 Å². The van der Waals surface area contributed by atoms with E-state index in [1.807, 2.05) is 25.1 Å². The molecule has 0 aliphatic heterocycles. The summed E-state index contributed by atoms with van der Waals surface area (Å²) in [6.07, 6.45) is 0. The second-order valence-electron chi connectivity index (χ2n) is 5.12. The Morgan fingerprint density at radius 2 is 1.62 bits per heavy atom. The summed E-state index contributed by atoms with van der Waals surface area (Å²) in [7, 11) is 0. The fraction of sp³-hybridized carbons (Fsp3) is 0.222. The summed E-state index contributed by atoms with van der Waals surface area (Å²) in [5, 5.41) is 8.53. The van der Waals surface area contributed by atoms with Gasteiger partial charge in [0, 0.05) is 30.1 Å². The first kappa shape index (κ1) is 17.3. The highest BCUT2D eigenvalue weighted by Gasteiger charge is 2.04. The first-order valence-electron chi connectivity index (χ1n) is 7.71. The molecule has 126 valence electrons. The van der Waals surface area contributed by atoms with Gasteiger partial charge in [-0.2, -0.15) is 0 Å². The lowest BCUT2D eigenvalue weighted by atomic mass is 10.2. The standard InChI is InChI=1S/C18H21N3O3/c1-3-24-17-9-5-8-16(11-17)21-18(23)12-19-14-6-4-7-15(10-14)20-13(2)22/h4-11,19H,3,12H2,1-2H3,(H,20,22)(H,21,23). The molecule has 3 N–H and O–H groups in total. The van der Waals surface area contributed by atoms with Gasteiger partial charge in [0.05, 0.1) is 13.2 Å². The average Bonchev–Trinajstić information content (AvgIpc) is 2.53. The van der Waals surface area contributed by atoms with Gasteiger partial charge in [-0.3, -0.25) is 9.59 Å². The number of nitrogens with one attached hydrogen (secondary N) is 3. The summed E-state index contributed by atoms with van der Waals surface area (Å²) >= 11 is 0. The van der Waals surface area contributed by atoms with Crippen LogP contribution in [0.15, 0.2) is 48.5 Å². The van der Waals surface area contributed by atoms with Crippen molar-refractivity contribution in [1.29, 1.82) is 0 Å². The van der Waals surface area contributed by atoms with E-state index in [1.165, 1.54) is 6.92 Å². The Labute approximate surface area is 141 Å². The van der Waals surface area contributed by atoms with Gasteiger partial charge in [-0.1, -0.05) is 12.1 Å². The van der Waals surface area contributed by atoms with Crippen molar-refractivity contribution in [3.05, 3.63) is 48.5 Å². The highest BCUT2D eigenvalue weighted by molar-refractivity contribution is 5.94. The molecular formula is C18H21N3O3. The lowest BCUT2D eigenvalue weighted by molar-refractivity contribution is -0.115. The molecule has 0 saturated heterocycles. The fourth-order valence-corrected chi connectivity index (χ4v) is 2.13. The number of carbonyl (C=O) groups is 2. The third kappa shape index (κ3) is 5.64. The minimum atomic E-state index is -0.173. The monoisotopic (exact) mass is 327 g/mol. The van der Waals surface area contributed by atoms with Crippen molar-refractivity contribution in [3.8, 4) is 5.75 Å². The Kier molecular flexibility index (Phi) is 6.19. The smallest absolute Gasteiger partial charge is 0.243 e. The van der Waals surface area contributed by atoms with Gasteiger partial charge in [-0.15, -0.1) is 0 Å². The van der Waals surface area contributed by atoms with Crippen LogP contribution in [-0.4, -0.2) is 25.0 Å². The Bertz CT molecular complexity index is 716. The first-order valence-corrected chi connectivity index (χ1v) is 7.71. The van der Waals surface area contributed by atoms with E-state index in [4.69, 9.17) is 4.74 Å². The zero-order valence-electron chi connectivity index (χ0n) is 13.8. The van der Waals surface area contributed by atoms with Gasteiger partial charge in [-0.05, 0) is 37.3 Å². The Morgan fingerprint density at radius 3 is 2.33 bits per heavy atom. The molecule has 0 spiro atoms. The first-order chi connectivity index (χ1) is 11.6. The van der Waals surface area contributed by atoms with Crippen LogP contribution in [0.5, 0.6) is 5.75 Å². The molecule has 0 aliphatic carbocycles. The molecule has 0 saturated carbocycles. The van der Waals surface area contributed by atoms with Gasteiger partial charge >= 0.3 is 0 Å². The summed E-state index contributed by atoms with van der Waals surface area (Å²) in [6.45, 7) is 4.04. The highest BCUT2D eigenvalue weighted by atomic mass is 16.5. The van der Waals surface area contributed by atoms with E-state index < -0.39 is 0 Å². The van der Waals surface area contributed by atoms with Gasteiger partial charge in [0.15, 0.2) is 0 Å². The maximum Gasteiger partial charge on any atom is 0.243 e. The fourth-order valence-electron chi connectivity index (χ4n) is 2.13. The summed E-state index contributed by atoms with van der Waals surface area (Å²) in [5.41, 5.74) is 2.11. The molecule has 6 nitrogen and oxygen atoms in total. The van der Waals surface area contributed by atoms with Crippen LogP contribution in [0.4, 0.5) is 17.1 Å². The van der Waals surface area contributed by atoms with Crippen LogP contribution in [0, 0.1) is 0 Å². The summed E-state index contributed by atoms with van der Waals surface area (Å²) in [4.78, 5) is 23.1. The molecule has 6 heteroatoms. The topological polar surface area (TPSA) is 79.5 Å². The summed E-state index contributed by atoms with van der Waals surface area (Å²) in [5.74, 6) is 0.402. The number of anilines is 3. The molecule has 0 atom stereocenters. The van der Waals surface area contributed by atoms with Gasteiger partial charge in [0.25, 0.3) is 0 Å². The van der Waals surface area contributed by atoms with E-state index >= 15 is 0 Å². The molecule has 0 bridgehead atoms. The predicted molar refractivity (Wildman–Crippen MR) is 95.5 cm³/mol. The van der Waals surface area contributed by atoms with Gasteiger partial charge in [0.1, 0.15) is 5.75 Å². The maximum absolute atomic E-state index is 12.0. The number of rotatable bonds is 7. The van der Waals surface area contributed by atoms with Crippen LogP contribution in [-0.2, 0) is 9.59 Å². The van der Waals surface area contributed by atoms with Crippen molar-refractivity contribution in [2.75, 3.05) is 29.1 Å². The molecule has 0 aliphatic rings. The molecule has 2 rings (SSSR count). The van der Waals surface area contributed by atoms with Crippen molar-refractivity contribution in [2.24, 2.45) is 0 Å². The lowest BCUT2D eigenvalue weighted by Gasteiger charge is -2.10. The second kappa shape index (κ2) is 8.57. The average molecular weight is 327 g/mol. The zero-order valence-corrected chi connectivity index (χ0v) is 13.8. The largest absolute Gasteiger partial charge is 0.494 e. The molecule has 0 fully saturated rings. The third-order valence-corrected chi connectivity index (χ3v) is 3.06. The van der Waals surface area contributed by atoms with Crippen molar-refractivity contribution < 1.29 is 14.3 Å². The van der Waals surface area contributed by atoms with Crippen molar-refractivity contribution >= 4 is 28.9 Å². The van der Waals surface area contributed by atoms with E-state index in [0.717, 1.165) is 5.69 Å². The number of hydrogen-bond acceptors (Lipinski definition) is 4. The van der Waals surface area contributed by atoms with Crippen molar-refractivity contribution in [3.63, 3.8) is 0 Å². The maximum atomic E-state index is 12.0. The SMILES string of the molecule is CCOc1cccc(NC(=O)CNc2cccc(NC(C)=O)c2)c1. The molecule has 0 radical (unpaired) electrons. The molecule has 2 aromatic rings. The van der Waals surface area contributed by atoms with E-state index in [2.05, 4.69) is 16.0 Å². The van der Waals surface area contributed by atoms with E-state index in [0.29, 0.717) is 23.7 Å². The summed E-state index contributed by atoms with van der Waals surface area (Å²) in [6, 6.07) is 14.4. The minimum Gasteiger partial charge on any atom is -0.494 e. The quantitative estimate of drug-likeness (QED) is 0.730. The van der Waals surface area contributed by atoms with Crippen molar-refractivity contribution in [1.82, 2.24) is 0 Å². The summed E-state index contributed by atoms with van der Waals surface area (Å²) < 4.78 is 5.40. The number of benzene rings is 2. The molecule has 0 unspecified atom stereocenters. The van der Waals surface area contributed by atoms with Gasteiger partial charge in [-0.25, -0.2) is 0 Å². The Hall–Kier alpha value is -3.02.